The zero-order valence-electron chi connectivity index (χ0n) is 13.9. The van der Waals surface area contributed by atoms with Crippen LogP contribution in [0.25, 0.3) is 0 Å². The summed E-state index contributed by atoms with van der Waals surface area (Å²) in [5.74, 6) is 0.831. The molecule has 23 heavy (non-hydrogen) atoms. The maximum Gasteiger partial charge on any atom is 0.191 e. The Labute approximate surface area is 138 Å². The van der Waals surface area contributed by atoms with Crippen LogP contribution in [0.2, 0.25) is 0 Å². The monoisotopic (exact) mass is 311 g/mol. The number of ether oxygens (including phenoxy) is 1. The first-order chi connectivity index (χ1) is 11.3. The number of guanidine groups is 1. The van der Waals surface area contributed by atoms with Crippen molar-refractivity contribution >= 4 is 5.96 Å². The van der Waals surface area contributed by atoms with Crippen molar-refractivity contribution in [2.75, 3.05) is 13.7 Å². The average Bonchev–Trinajstić information content (AvgIpc) is 2.60. The van der Waals surface area contributed by atoms with Crippen molar-refractivity contribution in [3.8, 4) is 0 Å². The first-order valence-electron chi connectivity index (χ1n) is 7.94. The number of hydrogen-bond acceptors (Lipinski definition) is 2. The average molecular weight is 311 g/mol. The van der Waals surface area contributed by atoms with Crippen molar-refractivity contribution in [3.05, 3.63) is 71.3 Å². The van der Waals surface area contributed by atoms with E-state index in [0.29, 0.717) is 13.2 Å². The highest BCUT2D eigenvalue weighted by Crippen LogP contribution is 2.05. The van der Waals surface area contributed by atoms with Crippen LogP contribution in [-0.4, -0.2) is 19.6 Å². The molecule has 0 amide bonds. The predicted octanol–water partition coefficient (Wildman–Crippen LogP) is 3.09. The minimum Gasteiger partial charge on any atom is -0.380 e. The Morgan fingerprint density at radius 3 is 2.26 bits per heavy atom. The predicted molar refractivity (Wildman–Crippen MR) is 95.3 cm³/mol. The molecule has 0 saturated carbocycles. The molecule has 0 atom stereocenters. The maximum absolute atomic E-state index is 5.13. The number of methoxy groups -OCH3 is 1. The first-order valence-corrected chi connectivity index (χ1v) is 7.94. The Balaban J connectivity index is 1.91. The second-order valence-corrected chi connectivity index (χ2v) is 5.28. The molecule has 0 radical (unpaired) electrons. The third-order valence-electron chi connectivity index (χ3n) is 3.40. The van der Waals surface area contributed by atoms with E-state index in [-0.39, 0.29) is 0 Å². The van der Waals surface area contributed by atoms with E-state index in [4.69, 9.17) is 4.74 Å². The fourth-order valence-electron chi connectivity index (χ4n) is 2.20. The Kier molecular flexibility index (Phi) is 7.14. The van der Waals surface area contributed by atoms with E-state index in [9.17, 15) is 0 Å². The van der Waals surface area contributed by atoms with Crippen LogP contribution in [-0.2, 0) is 24.4 Å². The summed E-state index contributed by atoms with van der Waals surface area (Å²) in [6.07, 6.45) is 0. The van der Waals surface area contributed by atoms with Crippen molar-refractivity contribution in [2.24, 2.45) is 4.99 Å². The molecule has 122 valence electrons. The molecular weight excluding hydrogens is 286 g/mol. The summed E-state index contributed by atoms with van der Waals surface area (Å²) in [6.45, 7) is 4.97. The lowest BCUT2D eigenvalue weighted by atomic mass is 10.1. The Hall–Kier alpha value is -2.33. The topological polar surface area (TPSA) is 45.7 Å². The summed E-state index contributed by atoms with van der Waals surface area (Å²) in [7, 11) is 1.71. The van der Waals surface area contributed by atoms with Gasteiger partial charge in [-0.2, -0.15) is 0 Å². The number of nitrogens with zero attached hydrogens (tertiary/aromatic N) is 1. The number of hydrogen-bond donors (Lipinski definition) is 2. The van der Waals surface area contributed by atoms with Gasteiger partial charge in [-0.25, -0.2) is 4.99 Å². The van der Waals surface area contributed by atoms with Gasteiger partial charge in [0.25, 0.3) is 0 Å². The normalized spacial score (nSPS) is 11.3. The molecule has 0 aromatic heterocycles. The molecule has 4 nitrogen and oxygen atoms in total. The molecule has 2 aromatic carbocycles. The molecule has 0 aliphatic rings. The smallest absolute Gasteiger partial charge is 0.191 e. The molecule has 0 heterocycles. The van der Waals surface area contributed by atoms with E-state index in [2.05, 4.69) is 58.9 Å². The fourth-order valence-corrected chi connectivity index (χ4v) is 2.20. The van der Waals surface area contributed by atoms with Gasteiger partial charge < -0.3 is 15.4 Å². The van der Waals surface area contributed by atoms with Crippen LogP contribution in [0.5, 0.6) is 0 Å². The van der Waals surface area contributed by atoms with Crippen LogP contribution >= 0.6 is 0 Å². The van der Waals surface area contributed by atoms with Gasteiger partial charge in [-0.05, 0) is 23.6 Å². The summed E-state index contributed by atoms with van der Waals surface area (Å²) in [5.41, 5.74) is 3.60. The summed E-state index contributed by atoms with van der Waals surface area (Å²) in [6, 6.07) is 18.7. The summed E-state index contributed by atoms with van der Waals surface area (Å²) in [4.78, 5) is 4.62. The largest absolute Gasteiger partial charge is 0.380 e. The molecular formula is C19H25N3O. The van der Waals surface area contributed by atoms with Crippen LogP contribution in [0.15, 0.2) is 59.6 Å². The molecule has 2 aromatic rings. The second kappa shape index (κ2) is 9.64. The van der Waals surface area contributed by atoms with E-state index < -0.39 is 0 Å². The zero-order chi connectivity index (χ0) is 16.3. The van der Waals surface area contributed by atoms with Crippen LogP contribution < -0.4 is 10.6 Å². The van der Waals surface area contributed by atoms with Gasteiger partial charge in [0.15, 0.2) is 5.96 Å². The first kappa shape index (κ1) is 17.0. The summed E-state index contributed by atoms with van der Waals surface area (Å²) >= 11 is 0. The van der Waals surface area contributed by atoms with Crippen LogP contribution in [0.3, 0.4) is 0 Å². The lowest BCUT2D eigenvalue weighted by Gasteiger charge is -2.12. The van der Waals surface area contributed by atoms with Crippen LogP contribution in [0.1, 0.15) is 23.6 Å². The van der Waals surface area contributed by atoms with Crippen molar-refractivity contribution in [1.82, 2.24) is 10.6 Å². The van der Waals surface area contributed by atoms with Gasteiger partial charge in [0.1, 0.15) is 0 Å². The van der Waals surface area contributed by atoms with E-state index in [1.807, 2.05) is 18.2 Å². The molecule has 0 aliphatic heterocycles. The molecule has 0 unspecified atom stereocenters. The number of benzene rings is 2. The quantitative estimate of drug-likeness (QED) is 0.610. The second-order valence-electron chi connectivity index (χ2n) is 5.28. The molecule has 0 spiro atoms. The van der Waals surface area contributed by atoms with E-state index in [1.54, 1.807) is 7.11 Å². The van der Waals surface area contributed by atoms with E-state index in [0.717, 1.165) is 19.0 Å². The number of rotatable bonds is 7. The Morgan fingerprint density at radius 2 is 1.61 bits per heavy atom. The highest BCUT2D eigenvalue weighted by Gasteiger charge is 1.99. The maximum atomic E-state index is 5.13. The van der Waals surface area contributed by atoms with Crippen LogP contribution in [0, 0.1) is 0 Å². The summed E-state index contributed by atoms with van der Waals surface area (Å²) in [5, 5.41) is 6.64. The molecule has 2 N–H and O–H groups in total. The van der Waals surface area contributed by atoms with E-state index >= 15 is 0 Å². The molecule has 4 heteroatoms. The number of nitrogens with one attached hydrogen (secondary N) is 2. The molecule has 0 bridgehead atoms. The van der Waals surface area contributed by atoms with E-state index in [1.165, 1.54) is 16.7 Å². The zero-order valence-corrected chi connectivity index (χ0v) is 13.9. The third-order valence-corrected chi connectivity index (χ3v) is 3.40. The molecule has 0 fully saturated rings. The minimum absolute atomic E-state index is 0.648. The van der Waals surface area contributed by atoms with Crippen molar-refractivity contribution in [2.45, 2.75) is 26.6 Å². The van der Waals surface area contributed by atoms with Gasteiger partial charge in [-0.3, -0.25) is 0 Å². The van der Waals surface area contributed by atoms with Gasteiger partial charge in [0.2, 0.25) is 0 Å². The lowest BCUT2D eigenvalue weighted by molar-refractivity contribution is 0.185. The molecule has 0 saturated heterocycles. The highest BCUT2D eigenvalue weighted by molar-refractivity contribution is 5.79. The van der Waals surface area contributed by atoms with Gasteiger partial charge in [-0.15, -0.1) is 0 Å². The third kappa shape index (κ3) is 6.12. The van der Waals surface area contributed by atoms with Crippen LogP contribution in [0.4, 0.5) is 0 Å². The lowest BCUT2D eigenvalue weighted by Crippen LogP contribution is -2.36. The van der Waals surface area contributed by atoms with Gasteiger partial charge in [0.05, 0.1) is 13.2 Å². The number of aliphatic imine (C=N–C) groups is 1. The molecule has 2 rings (SSSR count). The fraction of sp³-hybridized carbons (Fsp3) is 0.316. The highest BCUT2D eigenvalue weighted by atomic mass is 16.5. The summed E-state index contributed by atoms with van der Waals surface area (Å²) < 4.78 is 5.13. The minimum atomic E-state index is 0.648. The van der Waals surface area contributed by atoms with Gasteiger partial charge >= 0.3 is 0 Å². The Morgan fingerprint density at radius 1 is 0.913 bits per heavy atom. The van der Waals surface area contributed by atoms with Gasteiger partial charge in [0, 0.05) is 20.2 Å². The SMILES string of the molecule is CCNC(=NCc1ccccc1)NCc1ccc(COC)cc1. The van der Waals surface area contributed by atoms with Crippen molar-refractivity contribution < 1.29 is 4.74 Å². The molecule has 0 aliphatic carbocycles. The van der Waals surface area contributed by atoms with Crippen molar-refractivity contribution in [1.29, 1.82) is 0 Å². The Bertz CT molecular complexity index is 594. The van der Waals surface area contributed by atoms with Gasteiger partial charge in [-0.1, -0.05) is 54.6 Å². The standard InChI is InChI=1S/C19H25N3O/c1-3-20-19(21-13-16-7-5-4-6-8-16)22-14-17-9-11-18(12-10-17)15-23-2/h4-12H,3,13-15H2,1-2H3,(H2,20,21,22). The van der Waals surface area contributed by atoms with Crippen molar-refractivity contribution in [3.63, 3.8) is 0 Å².